The standard InChI is InChI=1S/C26H24N6/c1-3-18(26(28)13-7-14-26)12-11-17(2)23-21(16-27)31-25-19-8-4-5-9-20(19)30-24-22(32(23)25)10-6-15-29-24/h3-6,8-12,15H,2,7,13-14,28H2,1H3,(H,29,30)/b12-11-,18-3+. The van der Waals surface area contributed by atoms with E-state index in [1.807, 2.05) is 60.0 Å². The lowest BCUT2D eigenvalue weighted by molar-refractivity contribution is 0.304. The second kappa shape index (κ2) is 7.63. The zero-order chi connectivity index (χ0) is 22.3. The SMILES string of the molecule is C=C(/C=C\C(=C/C)C1(N)CCC1)c1c(C#N)nc2n1-c1cccnc1Nc1ccccc1-2. The van der Waals surface area contributed by atoms with Crippen LogP contribution in [0.3, 0.4) is 0 Å². The fourth-order valence-electron chi connectivity index (χ4n) is 4.46. The summed E-state index contributed by atoms with van der Waals surface area (Å²) in [5.74, 6) is 1.38. The van der Waals surface area contributed by atoms with Gasteiger partial charge in [-0.1, -0.05) is 36.9 Å². The smallest absolute Gasteiger partial charge is 0.167 e. The molecule has 6 heteroatoms. The molecule has 1 aromatic carbocycles. The van der Waals surface area contributed by atoms with Crippen molar-refractivity contribution in [1.29, 1.82) is 5.26 Å². The van der Waals surface area contributed by atoms with Gasteiger partial charge in [0, 0.05) is 17.3 Å². The minimum Gasteiger partial charge on any atom is -0.338 e. The summed E-state index contributed by atoms with van der Waals surface area (Å²) in [6, 6.07) is 14.0. The number of fused-ring (bicyclic) bond motifs is 5. The van der Waals surface area contributed by atoms with Gasteiger partial charge in [0.2, 0.25) is 0 Å². The number of nitriles is 1. The summed E-state index contributed by atoms with van der Waals surface area (Å²) < 4.78 is 1.98. The molecule has 6 nitrogen and oxygen atoms in total. The minimum atomic E-state index is -0.267. The Hall–Kier alpha value is -3.95. The van der Waals surface area contributed by atoms with Crippen LogP contribution in [0.15, 0.2) is 73.0 Å². The third kappa shape index (κ3) is 3.06. The molecule has 1 aliphatic heterocycles. The van der Waals surface area contributed by atoms with Gasteiger partial charge in [-0.05, 0) is 61.6 Å². The van der Waals surface area contributed by atoms with Crippen LogP contribution in [0.5, 0.6) is 0 Å². The Morgan fingerprint density at radius 2 is 2.06 bits per heavy atom. The van der Waals surface area contributed by atoms with Gasteiger partial charge in [-0.3, -0.25) is 4.57 Å². The number of imidazole rings is 1. The number of benzene rings is 1. The van der Waals surface area contributed by atoms with Gasteiger partial charge in [0.25, 0.3) is 0 Å². The maximum atomic E-state index is 9.93. The van der Waals surface area contributed by atoms with Crippen LogP contribution in [0.25, 0.3) is 22.6 Å². The topological polar surface area (TPSA) is 92.5 Å². The zero-order valence-corrected chi connectivity index (χ0v) is 18.0. The van der Waals surface area contributed by atoms with E-state index < -0.39 is 0 Å². The Labute approximate surface area is 187 Å². The van der Waals surface area contributed by atoms with E-state index in [0.717, 1.165) is 41.8 Å². The van der Waals surface area contributed by atoms with Crippen LogP contribution in [-0.4, -0.2) is 20.1 Å². The van der Waals surface area contributed by atoms with Gasteiger partial charge in [-0.2, -0.15) is 5.26 Å². The molecule has 0 bridgehead atoms. The molecular weight excluding hydrogens is 396 g/mol. The highest BCUT2D eigenvalue weighted by atomic mass is 15.2. The zero-order valence-electron chi connectivity index (χ0n) is 18.0. The first kappa shape index (κ1) is 20.0. The van der Waals surface area contributed by atoms with E-state index in [0.29, 0.717) is 28.6 Å². The van der Waals surface area contributed by atoms with Crippen LogP contribution in [-0.2, 0) is 0 Å². The molecule has 5 rings (SSSR count). The lowest BCUT2D eigenvalue weighted by Gasteiger charge is -2.39. The number of para-hydroxylation sites is 1. The van der Waals surface area contributed by atoms with Crippen LogP contribution in [0.2, 0.25) is 0 Å². The molecule has 3 N–H and O–H groups in total. The Morgan fingerprint density at radius 3 is 2.78 bits per heavy atom. The average molecular weight is 421 g/mol. The van der Waals surface area contributed by atoms with Crippen molar-refractivity contribution >= 4 is 17.1 Å². The normalized spacial score (nSPS) is 16.1. The molecule has 3 aromatic rings. The Balaban J connectivity index is 1.68. The summed E-state index contributed by atoms with van der Waals surface area (Å²) in [5.41, 5.74) is 11.6. The maximum Gasteiger partial charge on any atom is 0.167 e. The number of nitrogens with zero attached hydrogens (tertiary/aromatic N) is 4. The Morgan fingerprint density at radius 1 is 1.25 bits per heavy atom. The fourth-order valence-corrected chi connectivity index (χ4v) is 4.46. The molecule has 0 amide bonds. The van der Waals surface area contributed by atoms with Crippen LogP contribution in [0.4, 0.5) is 11.5 Å². The second-order valence-electron chi connectivity index (χ2n) is 8.23. The molecule has 1 aliphatic carbocycles. The van der Waals surface area contributed by atoms with E-state index >= 15 is 0 Å². The first-order valence-corrected chi connectivity index (χ1v) is 10.7. The summed E-state index contributed by atoms with van der Waals surface area (Å²) in [4.78, 5) is 9.25. The van der Waals surface area contributed by atoms with Crippen molar-refractivity contribution in [3.8, 4) is 23.1 Å². The van der Waals surface area contributed by atoms with E-state index in [1.54, 1.807) is 6.20 Å². The molecule has 1 saturated carbocycles. The third-order valence-corrected chi connectivity index (χ3v) is 6.33. The molecular formula is C26H24N6. The number of nitrogens with one attached hydrogen (secondary N) is 1. The van der Waals surface area contributed by atoms with Crippen molar-refractivity contribution in [2.24, 2.45) is 5.73 Å². The van der Waals surface area contributed by atoms with Gasteiger partial charge in [-0.25, -0.2) is 9.97 Å². The molecule has 0 saturated heterocycles. The highest BCUT2D eigenvalue weighted by molar-refractivity contribution is 5.87. The lowest BCUT2D eigenvalue weighted by Crippen LogP contribution is -2.47. The molecule has 1 fully saturated rings. The summed E-state index contributed by atoms with van der Waals surface area (Å²) in [7, 11) is 0. The van der Waals surface area contributed by atoms with Crippen molar-refractivity contribution in [2.45, 2.75) is 31.7 Å². The summed E-state index contributed by atoms with van der Waals surface area (Å²) in [6.45, 7) is 6.30. The Kier molecular flexibility index (Phi) is 4.76. The van der Waals surface area contributed by atoms with Gasteiger partial charge in [-0.15, -0.1) is 0 Å². The summed E-state index contributed by atoms with van der Waals surface area (Å²) >= 11 is 0. The van der Waals surface area contributed by atoms with Crippen LogP contribution in [0.1, 0.15) is 37.6 Å². The number of anilines is 2. The number of allylic oxidation sites excluding steroid dienone is 3. The van der Waals surface area contributed by atoms with E-state index in [4.69, 9.17) is 10.7 Å². The third-order valence-electron chi connectivity index (χ3n) is 6.33. The van der Waals surface area contributed by atoms with Crippen molar-refractivity contribution in [3.05, 3.63) is 84.4 Å². The summed E-state index contributed by atoms with van der Waals surface area (Å²) in [6.07, 6.45) is 10.9. The van der Waals surface area contributed by atoms with Crippen LogP contribution < -0.4 is 11.1 Å². The highest BCUT2D eigenvalue weighted by Crippen LogP contribution is 2.41. The molecule has 2 aromatic heterocycles. The average Bonchev–Trinajstić information content (AvgIpc) is 3.12. The number of rotatable bonds is 4. The largest absolute Gasteiger partial charge is 0.338 e. The number of aromatic nitrogens is 3. The monoisotopic (exact) mass is 420 g/mol. The summed E-state index contributed by atoms with van der Waals surface area (Å²) in [5, 5.41) is 13.3. The number of nitrogens with two attached hydrogens (primary N) is 1. The van der Waals surface area contributed by atoms with E-state index in [-0.39, 0.29) is 5.54 Å². The molecule has 3 heterocycles. The predicted molar refractivity (Wildman–Crippen MR) is 127 cm³/mol. The predicted octanol–water partition coefficient (Wildman–Crippen LogP) is 5.26. The number of hydrogen-bond acceptors (Lipinski definition) is 5. The molecule has 2 aliphatic rings. The van der Waals surface area contributed by atoms with Gasteiger partial charge in [0.15, 0.2) is 11.5 Å². The second-order valence-corrected chi connectivity index (χ2v) is 8.23. The number of pyridine rings is 1. The van der Waals surface area contributed by atoms with Crippen molar-refractivity contribution in [3.63, 3.8) is 0 Å². The molecule has 0 unspecified atom stereocenters. The van der Waals surface area contributed by atoms with Gasteiger partial charge in [0.05, 0.1) is 17.1 Å². The van der Waals surface area contributed by atoms with Crippen LogP contribution in [0, 0.1) is 11.3 Å². The van der Waals surface area contributed by atoms with Gasteiger partial charge in [0.1, 0.15) is 11.9 Å². The number of hydrogen-bond donors (Lipinski definition) is 2. The lowest BCUT2D eigenvalue weighted by atomic mass is 9.72. The van der Waals surface area contributed by atoms with Gasteiger partial charge >= 0.3 is 0 Å². The molecule has 0 radical (unpaired) electrons. The molecule has 0 atom stereocenters. The minimum absolute atomic E-state index is 0.267. The molecule has 158 valence electrons. The van der Waals surface area contributed by atoms with Crippen molar-refractivity contribution in [1.82, 2.24) is 14.5 Å². The van der Waals surface area contributed by atoms with E-state index in [1.165, 1.54) is 0 Å². The molecule has 0 spiro atoms. The van der Waals surface area contributed by atoms with E-state index in [9.17, 15) is 5.26 Å². The van der Waals surface area contributed by atoms with Crippen molar-refractivity contribution < 1.29 is 0 Å². The maximum absolute atomic E-state index is 9.93. The molecule has 32 heavy (non-hydrogen) atoms. The van der Waals surface area contributed by atoms with Gasteiger partial charge < -0.3 is 11.1 Å². The fraction of sp³-hybridized carbons (Fsp3) is 0.192. The first-order valence-electron chi connectivity index (χ1n) is 10.7. The van der Waals surface area contributed by atoms with Crippen molar-refractivity contribution in [2.75, 3.05) is 5.32 Å². The highest BCUT2D eigenvalue weighted by Gasteiger charge is 2.34. The van der Waals surface area contributed by atoms with Crippen LogP contribution >= 0.6 is 0 Å². The quantitative estimate of drug-likeness (QED) is 0.439. The Bertz CT molecular complexity index is 1330. The first-order chi connectivity index (χ1) is 15.6. The van der Waals surface area contributed by atoms with E-state index in [2.05, 4.69) is 29.0 Å².